The molecule has 2 fully saturated rings. The van der Waals surface area contributed by atoms with Gasteiger partial charge in [0.25, 0.3) is 0 Å². The fraction of sp³-hybridized carbons (Fsp3) is 0.568. The number of carbonyl (C=O) groups is 4. The van der Waals surface area contributed by atoms with Crippen molar-refractivity contribution in [2.45, 2.75) is 103 Å². The highest BCUT2D eigenvalue weighted by Gasteiger charge is 2.32. The average molecular weight is 648 g/mol. The summed E-state index contributed by atoms with van der Waals surface area (Å²) in [7, 11) is 0. The van der Waals surface area contributed by atoms with Gasteiger partial charge in [-0.3, -0.25) is 19.3 Å². The fourth-order valence-electron chi connectivity index (χ4n) is 6.34. The van der Waals surface area contributed by atoms with Gasteiger partial charge in [-0.05, 0) is 62.8 Å². The Hall–Kier alpha value is -3.92. The molecule has 4 rings (SSSR count). The Balaban J connectivity index is 1.38. The first-order valence-electron chi connectivity index (χ1n) is 17.2. The molecule has 0 bridgehead atoms. The topological polar surface area (TPSA) is 120 Å². The van der Waals surface area contributed by atoms with Gasteiger partial charge in [0.15, 0.2) is 0 Å². The summed E-state index contributed by atoms with van der Waals surface area (Å²) in [5, 5.41) is 8.77. The first-order chi connectivity index (χ1) is 22.5. The second kappa shape index (κ2) is 17.3. The lowest BCUT2D eigenvalue weighted by atomic mass is 9.91. The Morgan fingerprint density at radius 3 is 2.06 bits per heavy atom. The third-order valence-electron chi connectivity index (χ3n) is 8.87. The minimum atomic E-state index is -0.706. The highest BCUT2D eigenvalue weighted by Crippen LogP contribution is 2.27. The van der Waals surface area contributed by atoms with Crippen LogP contribution in [0.4, 0.5) is 10.5 Å². The summed E-state index contributed by atoms with van der Waals surface area (Å²) in [6, 6.07) is 16.3. The number of rotatable bonds is 11. The first kappa shape index (κ1) is 35.9. The van der Waals surface area contributed by atoms with Gasteiger partial charge in [0, 0.05) is 51.3 Å². The van der Waals surface area contributed by atoms with Gasteiger partial charge >= 0.3 is 6.09 Å². The Bertz CT molecular complexity index is 1310. The predicted molar refractivity (Wildman–Crippen MR) is 184 cm³/mol. The number of anilines is 1. The number of hydrogen-bond donors (Lipinski definition) is 3. The maximum Gasteiger partial charge on any atom is 0.408 e. The Morgan fingerprint density at radius 2 is 1.47 bits per heavy atom. The van der Waals surface area contributed by atoms with Gasteiger partial charge in [0.2, 0.25) is 17.7 Å². The molecule has 2 aromatic rings. The molecule has 1 saturated carbocycles. The molecule has 0 spiro atoms. The summed E-state index contributed by atoms with van der Waals surface area (Å²) in [4.78, 5) is 56.5. The molecular weight excluding hydrogens is 594 g/mol. The van der Waals surface area contributed by atoms with Crippen LogP contribution in [0.2, 0.25) is 0 Å². The standard InChI is InChI=1S/C37H53N5O5/c1-5-32(43)39-31(35(45)42-23-21-41(22-24-42)26-28-13-9-8-10-14-28)25-27-17-19-30(20-18-27)38-34(44)33(29-15-11-6-7-12-16-29)40-36(46)47-37(2,3)4/h8-10,13-14,17-20,29,31,33H,5-7,11-12,15-16,21-26H2,1-4H3,(H,38,44)(H,39,43)(H,40,46). The molecule has 1 heterocycles. The van der Waals surface area contributed by atoms with Crippen molar-refractivity contribution in [3.63, 3.8) is 0 Å². The number of nitrogens with one attached hydrogen (secondary N) is 3. The highest BCUT2D eigenvalue weighted by atomic mass is 16.6. The molecule has 47 heavy (non-hydrogen) atoms. The minimum Gasteiger partial charge on any atom is -0.444 e. The van der Waals surface area contributed by atoms with Crippen LogP contribution in [0.25, 0.3) is 0 Å². The lowest BCUT2D eigenvalue weighted by Gasteiger charge is -2.36. The van der Waals surface area contributed by atoms with Crippen LogP contribution in [0.1, 0.15) is 83.8 Å². The first-order valence-corrected chi connectivity index (χ1v) is 17.2. The quantitative estimate of drug-likeness (QED) is 0.286. The lowest BCUT2D eigenvalue weighted by molar-refractivity contribution is -0.138. The van der Waals surface area contributed by atoms with Crippen molar-refractivity contribution in [3.8, 4) is 0 Å². The van der Waals surface area contributed by atoms with E-state index < -0.39 is 23.8 Å². The number of piperazine rings is 1. The van der Waals surface area contributed by atoms with Crippen LogP contribution in [0.15, 0.2) is 54.6 Å². The highest BCUT2D eigenvalue weighted by molar-refractivity contribution is 5.97. The molecule has 2 atom stereocenters. The van der Waals surface area contributed by atoms with E-state index in [4.69, 9.17) is 4.74 Å². The van der Waals surface area contributed by atoms with Crippen molar-refractivity contribution < 1.29 is 23.9 Å². The SMILES string of the molecule is CCC(=O)NC(Cc1ccc(NC(=O)C(NC(=O)OC(C)(C)C)C2CCCCCC2)cc1)C(=O)N1CCN(Cc2ccccc2)CC1. The molecule has 256 valence electrons. The van der Waals surface area contributed by atoms with E-state index in [1.54, 1.807) is 39.8 Å². The number of hydrogen-bond acceptors (Lipinski definition) is 6. The van der Waals surface area contributed by atoms with Crippen LogP contribution < -0.4 is 16.0 Å². The Kier molecular flexibility index (Phi) is 13.2. The van der Waals surface area contributed by atoms with Crippen LogP contribution >= 0.6 is 0 Å². The maximum absolute atomic E-state index is 13.6. The summed E-state index contributed by atoms with van der Waals surface area (Å²) >= 11 is 0. The van der Waals surface area contributed by atoms with Crippen LogP contribution in [0.3, 0.4) is 0 Å². The van der Waals surface area contributed by atoms with E-state index >= 15 is 0 Å². The molecule has 2 unspecified atom stereocenters. The van der Waals surface area contributed by atoms with Crippen molar-refractivity contribution in [1.82, 2.24) is 20.4 Å². The molecule has 0 aromatic heterocycles. The zero-order valence-electron chi connectivity index (χ0n) is 28.6. The summed E-state index contributed by atoms with van der Waals surface area (Å²) < 4.78 is 5.48. The third kappa shape index (κ3) is 11.7. The average Bonchev–Trinajstić information content (AvgIpc) is 3.33. The van der Waals surface area contributed by atoms with Gasteiger partial charge < -0.3 is 25.6 Å². The van der Waals surface area contributed by atoms with E-state index in [1.165, 1.54) is 5.56 Å². The van der Waals surface area contributed by atoms with E-state index in [0.29, 0.717) is 31.6 Å². The molecule has 1 saturated heterocycles. The third-order valence-corrected chi connectivity index (χ3v) is 8.87. The summed E-state index contributed by atoms with van der Waals surface area (Å²) in [6.07, 6.45) is 6.08. The second-order valence-corrected chi connectivity index (χ2v) is 13.8. The van der Waals surface area contributed by atoms with Gasteiger partial charge in [0.05, 0.1) is 0 Å². The molecular formula is C37H53N5O5. The lowest BCUT2D eigenvalue weighted by Crippen LogP contribution is -2.55. The van der Waals surface area contributed by atoms with Crippen molar-refractivity contribution >= 4 is 29.5 Å². The van der Waals surface area contributed by atoms with Gasteiger partial charge in [0.1, 0.15) is 17.7 Å². The Labute approximate surface area is 280 Å². The Morgan fingerprint density at radius 1 is 0.830 bits per heavy atom. The molecule has 4 amide bonds. The van der Waals surface area contributed by atoms with Crippen molar-refractivity contribution in [2.75, 3.05) is 31.5 Å². The molecule has 1 aliphatic carbocycles. The number of benzene rings is 2. The van der Waals surface area contributed by atoms with Crippen LogP contribution in [-0.4, -0.2) is 77.5 Å². The minimum absolute atomic E-state index is 0.0263. The number of carbonyl (C=O) groups excluding carboxylic acids is 4. The van der Waals surface area contributed by atoms with Crippen LogP contribution in [-0.2, 0) is 32.1 Å². The van der Waals surface area contributed by atoms with Crippen molar-refractivity contribution in [1.29, 1.82) is 0 Å². The smallest absolute Gasteiger partial charge is 0.408 e. The van der Waals surface area contributed by atoms with Crippen LogP contribution in [0.5, 0.6) is 0 Å². The molecule has 3 N–H and O–H groups in total. The number of alkyl carbamates (subject to hydrolysis) is 1. The number of nitrogens with zero attached hydrogens (tertiary/aromatic N) is 2. The summed E-state index contributed by atoms with van der Waals surface area (Å²) in [5.74, 6) is -0.497. The van der Waals surface area contributed by atoms with Gasteiger partial charge in [-0.25, -0.2) is 4.79 Å². The molecule has 0 radical (unpaired) electrons. The molecule has 10 nitrogen and oxygen atoms in total. The van der Waals surface area contributed by atoms with E-state index in [1.807, 2.05) is 35.2 Å². The molecule has 10 heteroatoms. The number of ether oxygens (including phenoxy) is 1. The van der Waals surface area contributed by atoms with Crippen LogP contribution in [0, 0.1) is 5.92 Å². The monoisotopic (exact) mass is 647 g/mol. The molecule has 1 aliphatic heterocycles. The van der Waals surface area contributed by atoms with E-state index in [9.17, 15) is 19.2 Å². The van der Waals surface area contributed by atoms with E-state index in [-0.39, 0.29) is 23.6 Å². The fourth-order valence-corrected chi connectivity index (χ4v) is 6.34. The number of amides is 4. The largest absolute Gasteiger partial charge is 0.444 e. The normalized spacial score (nSPS) is 17.6. The summed E-state index contributed by atoms with van der Waals surface area (Å²) in [6.45, 7) is 10.8. The van der Waals surface area contributed by atoms with Crippen molar-refractivity contribution in [2.24, 2.45) is 5.92 Å². The van der Waals surface area contributed by atoms with Gasteiger partial charge in [-0.15, -0.1) is 0 Å². The zero-order chi connectivity index (χ0) is 33.8. The predicted octanol–water partition coefficient (Wildman–Crippen LogP) is 5.27. The van der Waals surface area contributed by atoms with E-state index in [2.05, 4.69) is 33.0 Å². The van der Waals surface area contributed by atoms with E-state index in [0.717, 1.165) is 63.7 Å². The van der Waals surface area contributed by atoms with Gasteiger partial charge in [-0.2, -0.15) is 0 Å². The molecule has 2 aliphatic rings. The van der Waals surface area contributed by atoms with Gasteiger partial charge in [-0.1, -0.05) is 75.1 Å². The summed E-state index contributed by atoms with van der Waals surface area (Å²) in [5.41, 5.74) is 2.04. The second-order valence-electron chi connectivity index (χ2n) is 13.8. The maximum atomic E-state index is 13.6. The zero-order valence-corrected chi connectivity index (χ0v) is 28.6. The molecule has 2 aromatic carbocycles. The van der Waals surface area contributed by atoms with Crippen molar-refractivity contribution in [3.05, 3.63) is 65.7 Å².